The standard InChI is InChI=1S/C21H17N3O/c1-15(17-8-6-12-23-14-17)24-21(25)20-11-5-4-10-19(20)18-9-3-2-7-16(18)13-22/h2-12,14-15H,1H3,(H,24,25). The molecule has 0 aliphatic heterocycles. The van der Waals surface area contributed by atoms with Gasteiger partial charge >= 0.3 is 0 Å². The monoisotopic (exact) mass is 327 g/mol. The molecule has 2 aromatic carbocycles. The summed E-state index contributed by atoms with van der Waals surface area (Å²) < 4.78 is 0. The van der Waals surface area contributed by atoms with Crippen LogP contribution in [0.2, 0.25) is 0 Å². The van der Waals surface area contributed by atoms with E-state index in [9.17, 15) is 10.1 Å². The molecule has 1 atom stereocenters. The van der Waals surface area contributed by atoms with Gasteiger partial charge in [-0.25, -0.2) is 0 Å². The van der Waals surface area contributed by atoms with E-state index in [2.05, 4.69) is 16.4 Å². The lowest BCUT2D eigenvalue weighted by molar-refractivity contribution is 0.0940. The van der Waals surface area contributed by atoms with E-state index in [-0.39, 0.29) is 11.9 Å². The Labute approximate surface area is 146 Å². The number of nitriles is 1. The predicted molar refractivity (Wildman–Crippen MR) is 96.7 cm³/mol. The average molecular weight is 327 g/mol. The number of rotatable bonds is 4. The van der Waals surface area contributed by atoms with Crippen molar-refractivity contribution in [3.05, 3.63) is 89.7 Å². The molecule has 0 bridgehead atoms. The zero-order valence-electron chi connectivity index (χ0n) is 13.8. The van der Waals surface area contributed by atoms with E-state index < -0.39 is 0 Å². The van der Waals surface area contributed by atoms with Crippen molar-refractivity contribution < 1.29 is 4.79 Å². The zero-order valence-corrected chi connectivity index (χ0v) is 13.8. The second-order valence-corrected chi connectivity index (χ2v) is 5.68. The summed E-state index contributed by atoms with van der Waals surface area (Å²) in [5.74, 6) is -0.181. The minimum atomic E-state index is -0.181. The fourth-order valence-corrected chi connectivity index (χ4v) is 2.72. The molecule has 3 aromatic rings. The SMILES string of the molecule is CC(NC(=O)c1ccccc1-c1ccccc1C#N)c1cccnc1. The van der Waals surface area contributed by atoms with E-state index in [1.165, 1.54) is 0 Å². The maximum atomic E-state index is 12.8. The molecule has 1 unspecified atom stereocenters. The summed E-state index contributed by atoms with van der Waals surface area (Å²) in [6.45, 7) is 1.92. The molecule has 1 heterocycles. The van der Waals surface area contributed by atoms with Gasteiger partial charge in [0, 0.05) is 23.5 Å². The van der Waals surface area contributed by atoms with Gasteiger partial charge in [0.2, 0.25) is 0 Å². The minimum Gasteiger partial charge on any atom is -0.345 e. The van der Waals surface area contributed by atoms with Gasteiger partial charge in [-0.05, 0) is 36.2 Å². The van der Waals surface area contributed by atoms with Gasteiger partial charge in [-0.2, -0.15) is 5.26 Å². The number of amides is 1. The van der Waals surface area contributed by atoms with E-state index in [0.29, 0.717) is 11.1 Å². The Balaban J connectivity index is 1.93. The van der Waals surface area contributed by atoms with Crippen LogP contribution in [0.1, 0.15) is 34.5 Å². The van der Waals surface area contributed by atoms with E-state index in [4.69, 9.17) is 0 Å². The molecule has 3 rings (SSSR count). The van der Waals surface area contributed by atoms with Gasteiger partial charge < -0.3 is 5.32 Å². The number of carbonyl (C=O) groups is 1. The first-order valence-corrected chi connectivity index (χ1v) is 8.00. The van der Waals surface area contributed by atoms with Gasteiger partial charge in [0.05, 0.1) is 17.7 Å². The smallest absolute Gasteiger partial charge is 0.252 e. The number of hydrogen-bond acceptors (Lipinski definition) is 3. The molecule has 0 aliphatic carbocycles. The van der Waals surface area contributed by atoms with E-state index in [0.717, 1.165) is 16.7 Å². The molecular weight excluding hydrogens is 310 g/mol. The first kappa shape index (κ1) is 16.4. The number of hydrogen-bond donors (Lipinski definition) is 1. The molecule has 0 saturated heterocycles. The van der Waals surface area contributed by atoms with E-state index in [1.807, 2.05) is 55.5 Å². The molecule has 0 fully saturated rings. The largest absolute Gasteiger partial charge is 0.345 e. The first-order chi connectivity index (χ1) is 12.2. The van der Waals surface area contributed by atoms with Gasteiger partial charge in [0.1, 0.15) is 0 Å². The van der Waals surface area contributed by atoms with Crippen LogP contribution in [0.3, 0.4) is 0 Å². The number of nitrogens with zero attached hydrogens (tertiary/aromatic N) is 2. The Morgan fingerprint density at radius 2 is 1.76 bits per heavy atom. The van der Waals surface area contributed by atoms with Gasteiger partial charge in [0.25, 0.3) is 5.91 Å². The van der Waals surface area contributed by atoms with Crippen LogP contribution >= 0.6 is 0 Å². The van der Waals surface area contributed by atoms with Crippen LogP contribution < -0.4 is 5.32 Å². The lowest BCUT2D eigenvalue weighted by Crippen LogP contribution is -2.27. The third kappa shape index (κ3) is 3.56. The highest BCUT2D eigenvalue weighted by molar-refractivity contribution is 6.01. The normalized spacial score (nSPS) is 11.4. The van der Waals surface area contributed by atoms with Crippen LogP contribution in [0, 0.1) is 11.3 Å². The van der Waals surface area contributed by atoms with Crippen molar-refractivity contribution in [2.75, 3.05) is 0 Å². The Hall–Kier alpha value is -3.45. The van der Waals surface area contributed by atoms with Crippen molar-refractivity contribution >= 4 is 5.91 Å². The Kier molecular flexibility index (Phi) is 4.87. The number of carbonyl (C=O) groups excluding carboxylic acids is 1. The number of pyridine rings is 1. The predicted octanol–water partition coefficient (Wildman–Crippen LogP) is 4.11. The quantitative estimate of drug-likeness (QED) is 0.784. The molecule has 0 radical (unpaired) electrons. The lowest BCUT2D eigenvalue weighted by Gasteiger charge is -2.16. The topological polar surface area (TPSA) is 65.8 Å². The molecule has 0 saturated carbocycles. The Morgan fingerprint density at radius 3 is 2.48 bits per heavy atom. The second-order valence-electron chi connectivity index (χ2n) is 5.68. The summed E-state index contributed by atoms with van der Waals surface area (Å²) in [5.41, 5.74) is 3.52. The third-order valence-corrected chi connectivity index (χ3v) is 4.04. The molecule has 1 aromatic heterocycles. The highest BCUT2D eigenvalue weighted by Gasteiger charge is 2.17. The molecule has 1 N–H and O–H groups in total. The van der Waals surface area contributed by atoms with Gasteiger partial charge in [-0.15, -0.1) is 0 Å². The molecule has 122 valence electrons. The van der Waals surface area contributed by atoms with Crippen molar-refractivity contribution in [2.45, 2.75) is 13.0 Å². The van der Waals surface area contributed by atoms with Crippen molar-refractivity contribution in [1.82, 2.24) is 10.3 Å². The number of nitrogens with one attached hydrogen (secondary N) is 1. The molecule has 1 amide bonds. The van der Waals surface area contributed by atoms with Crippen LogP contribution in [0.4, 0.5) is 0 Å². The lowest BCUT2D eigenvalue weighted by atomic mass is 9.95. The van der Waals surface area contributed by atoms with E-state index in [1.54, 1.807) is 24.5 Å². The zero-order chi connectivity index (χ0) is 17.6. The van der Waals surface area contributed by atoms with Crippen LogP contribution in [0.15, 0.2) is 73.1 Å². The number of aromatic nitrogens is 1. The Morgan fingerprint density at radius 1 is 1.04 bits per heavy atom. The molecule has 0 spiro atoms. The van der Waals surface area contributed by atoms with Crippen molar-refractivity contribution in [1.29, 1.82) is 5.26 Å². The van der Waals surface area contributed by atoms with Crippen LogP contribution in [0.5, 0.6) is 0 Å². The highest BCUT2D eigenvalue weighted by Crippen LogP contribution is 2.27. The van der Waals surface area contributed by atoms with Gasteiger partial charge in [0.15, 0.2) is 0 Å². The first-order valence-electron chi connectivity index (χ1n) is 8.00. The highest BCUT2D eigenvalue weighted by atomic mass is 16.1. The van der Waals surface area contributed by atoms with Crippen LogP contribution in [-0.4, -0.2) is 10.9 Å². The summed E-state index contributed by atoms with van der Waals surface area (Å²) in [7, 11) is 0. The summed E-state index contributed by atoms with van der Waals surface area (Å²) in [6, 6.07) is 20.4. The molecule has 4 nitrogen and oxygen atoms in total. The fourth-order valence-electron chi connectivity index (χ4n) is 2.72. The maximum absolute atomic E-state index is 12.8. The van der Waals surface area contributed by atoms with Gasteiger partial charge in [-0.3, -0.25) is 9.78 Å². The van der Waals surface area contributed by atoms with E-state index >= 15 is 0 Å². The van der Waals surface area contributed by atoms with Crippen molar-refractivity contribution in [2.24, 2.45) is 0 Å². The van der Waals surface area contributed by atoms with Crippen LogP contribution in [0.25, 0.3) is 11.1 Å². The number of benzene rings is 2. The summed E-state index contributed by atoms with van der Waals surface area (Å²) in [5, 5.41) is 12.3. The van der Waals surface area contributed by atoms with Crippen LogP contribution in [-0.2, 0) is 0 Å². The molecule has 4 heteroatoms. The minimum absolute atomic E-state index is 0.166. The fraction of sp³-hybridized carbons (Fsp3) is 0.0952. The third-order valence-electron chi connectivity index (χ3n) is 4.04. The second kappa shape index (κ2) is 7.41. The maximum Gasteiger partial charge on any atom is 0.252 e. The molecule has 0 aliphatic rings. The average Bonchev–Trinajstić information content (AvgIpc) is 2.68. The van der Waals surface area contributed by atoms with Gasteiger partial charge in [-0.1, -0.05) is 42.5 Å². The Bertz CT molecular complexity index is 929. The molecular formula is C21H17N3O. The molecule has 25 heavy (non-hydrogen) atoms. The summed E-state index contributed by atoms with van der Waals surface area (Å²) >= 11 is 0. The van der Waals surface area contributed by atoms with Crippen molar-refractivity contribution in [3.63, 3.8) is 0 Å². The summed E-state index contributed by atoms with van der Waals surface area (Å²) in [4.78, 5) is 16.9. The summed E-state index contributed by atoms with van der Waals surface area (Å²) in [6.07, 6.45) is 3.44. The van der Waals surface area contributed by atoms with Crippen molar-refractivity contribution in [3.8, 4) is 17.2 Å².